The molecule has 1 fully saturated rings. The van der Waals surface area contributed by atoms with Crippen LogP contribution in [0.3, 0.4) is 0 Å². The summed E-state index contributed by atoms with van der Waals surface area (Å²) in [5.74, 6) is 1.10. The van der Waals surface area contributed by atoms with Crippen molar-refractivity contribution in [2.24, 2.45) is 0 Å². The zero-order chi connectivity index (χ0) is 16.2. The van der Waals surface area contributed by atoms with Crippen molar-refractivity contribution in [3.63, 3.8) is 0 Å². The summed E-state index contributed by atoms with van der Waals surface area (Å²) >= 11 is 0. The van der Waals surface area contributed by atoms with Gasteiger partial charge in [0.25, 0.3) is 0 Å². The topological polar surface area (TPSA) is 41.6 Å². The van der Waals surface area contributed by atoms with Gasteiger partial charge in [-0.15, -0.1) is 0 Å². The van der Waals surface area contributed by atoms with Gasteiger partial charge >= 0.3 is 12.2 Å². The van der Waals surface area contributed by atoms with Crippen molar-refractivity contribution in [3.05, 3.63) is 29.8 Å². The van der Waals surface area contributed by atoms with Crippen LogP contribution in [0, 0.1) is 0 Å². The first kappa shape index (κ1) is 16.5. The monoisotopic (exact) mass is 316 g/mol. The molecular weight excluding hydrogens is 297 g/mol. The van der Waals surface area contributed by atoms with Crippen LogP contribution in [0.1, 0.15) is 24.3 Å². The van der Waals surface area contributed by atoms with Crippen LogP contribution in [0.2, 0.25) is 0 Å². The summed E-state index contributed by atoms with van der Waals surface area (Å²) in [4.78, 5) is 13.1. The molecule has 0 atom stereocenters. The predicted octanol–water partition coefficient (Wildman–Crippen LogP) is 3.15. The van der Waals surface area contributed by atoms with Gasteiger partial charge in [0.2, 0.25) is 0 Å². The fourth-order valence-electron chi connectivity index (χ4n) is 2.58. The van der Waals surface area contributed by atoms with Crippen molar-refractivity contribution in [3.8, 4) is 5.75 Å². The second-order valence-corrected chi connectivity index (χ2v) is 5.31. The lowest BCUT2D eigenvalue weighted by molar-refractivity contribution is -0.123. The summed E-state index contributed by atoms with van der Waals surface area (Å²) < 4.78 is 41.4. The molecule has 0 aromatic heterocycles. The molecule has 4 nitrogen and oxygen atoms in total. The van der Waals surface area contributed by atoms with E-state index in [4.69, 9.17) is 4.74 Å². The Morgan fingerprint density at radius 2 is 1.86 bits per heavy atom. The average molecular weight is 316 g/mol. The maximum absolute atomic E-state index is 12.1. The van der Waals surface area contributed by atoms with Gasteiger partial charge in [0, 0.05) is 13.1 Å². The zero-order valence-corrected chi connectivity index (χ0v) is 12.3. The Bertz CT molecular complexity index is 495. The summed E-state index contributed by atoms with van der Waals surface area (Å²) in [6.45, 7) is -0.370. The van der Waals surface area contributed by atoms with E-state index >= 15 is 0 Å². The van der Waals surface area contributed by atoms with Gasteiger partial charge in [0.1, 0.15) is 12.3 Å². The molecule has 0 radical (unpaired) electrons. The number of benzene rings is 1. The van der Waals surface area contributed by atoms with Gasteiger partial charge in [-0.25, -0.2) is 4.79 Å². The molecule has 122 valence electrons. The minimum absolute atomic E-state index is 0.317. The van der Waals surface area contributed by atoms with Gasteiger partial charge in [-0.05, 0) is 36.5 Å². The Labute approximate surface area is 127 Å². The third-order valence-electron chi connectivity index (χ3n) is 3.81. The molecule has 1 aromatic carbocycles. The number of carbonyl (C=O) groups excluding carboxylic acids is 1. The first-order valence-corrected chi connectivity index (χ1v) is 7.12. The van der Waals surface area contributed by atoms with Crippen molar-refractivity contribution in [2.75, 3.05) is 26.7 Å². The molecule has 2 amide bonds. The number of carbonyl (C=O) groups is 1. The van der Waals surface area contributed by atoms with E-state index in [1.807, 2.05) is 29.6 Å². The normalized spacial score (nSPS) is 16.5. The summed E-state index contributed by atoms with van der Waals surface area (Å²) in [7, 11) is 1.60. The number of ether oxygens (including phenoxy) is 1. The molecule has 1 aromatic rings. The van der Waals surface area contributed by atoms with Crippen LogP contribution in [0.5, 0.6) is 5.75 Å². The van der Waals surface area contributed by atoms with Gasteiger partial charge in [-0.1, -0.05) is 12.1 Å². The molecule has 7 heteroatoms. The van der Waals surface area contributed by atoms with Crippen molar-refractivity contribution in [1.82, 2.24) is 10.2 Å². The molecule has 0 spiro atoms. The molecule has 0 saturated carbocycles. The number of nitrogens with one attached hydrogen (secondary N) is 1. The molecule has 0 unspecified atom stereocenters. The molecule has 1 saturated heterocycles. The first-order chi connectivity index (χ1) is 10.4. The maximum atomic E-state index is 12.1. The largest absolute Gasteiger partial charge is 0.497 e. The second-order valence-electron chi connectivity index (χ2n) is 5.31. The number of piperidine rings is 1. The average Bonchev–Trinajstić information content (AvgIpc) is 2.52. The molecule has 1 N–H and O–H groups in total. The Morgan fingerprint density at radius 3 is 2.36 bits per heavy atom. The van der Waals surface area contributed by atoms with Crippen molar-refractivity contribution >= 4 is 6.03 Å². The summed E-state index contributed by atoms with van der Waals surface area (Å²) in [5, 5.41) is 1.91. The third kappa shape index (κ3) is 4.54. The Hall–Kier alpha value is -1.92. The Morgan fingerprint density at radius 1 is 1.27 bits per heavy atom. The van der Waals surface area contributed by atoms with E-state index < -0.39 is 18.8 Å². The molecule has 2 rings (SSSR count). The lowest BCUT2D eigenvalue weighted by Crippen LogP contribution is -2.46. The number of rotatable bonds is 3. The Balaban J connectivity index is 1.83. The number of nitrogens with zero attached hydrogens (tertiary/aromatic N) is 1. The van der Waals surface area contributed by atoms with Crippen LogP contribution >= 0.6 is 0 Å². The highest BCUT2D eigenvalue weighted by Gasteiger charge is 2.30. The summed E-state index contributed by atoms with van der Waals surface area (Å²) in [6.07, 6.45) is -2.89. The van der Waals surface area contributed by atoms with Crippen molar-refractivity contribution in [1.29, 1.82) is 0 Å². The molecule has 1 aliphatic rings. The van der Waals surface area contributed by atoms with E-state index in [0.717, 1.165) is 24.2 Å². The van der Waals surface area contributed by atoms with E-state index in [0.29, 0.717) is 19.0 Å². The van der Waals surface area contributed by atoms with E-state index in [-0.39, 0.29) is 0 Å². The highest BCUT2D eigenvalue weighted by molar-refractivity contribution is 5.74. The van der Waals surface area contributed by atoms with E-state index in [9.17, 15) is 18.0 Å². The van der Waals surface area contributed by atoms with Crippen LogP contribution in [0.4, 0.5) is 18.0 Å². The van der Waals surface area contributed by atoms with Crippen LogP contribution in [-0.2, 0) is 0 Å². The fourth-order valence-corrected chi connectivity index (χ4v) is 2.58. The van der Waals surface area contributed by atoms with Crippen LogP contribution < -0.4 is 10.1 Å². The number of urea groups is 1. The third-order valence-corrected chi connectivity index (χ3v) is 3.81. The minimum atomic E-state index is -4.38. The van der Waals surface area contributed by atoms with E-state index in [2.05, 4.69) is 0 Å². The number of halogens is 3. The smallest absolute Gasteiger partial charge is 0.405 e. The van der Waals surface area contributed by atoms with Gasteiger partial charge in [0.15, 0.2) is 0 Å². The number of hydrogen-bond donors (Lipinski definition) is 1. The van der Waals surface area contributed by atoms with E-state index in [1.165, 1.54) is 4.90 Å². The van der Waals surface area contributed by atoms with Crippen molar-refractivity contribution < 1.29 is 22.7 Å². The van der Waals surface area contributed by atoms with Gasteiger partial charge in [-0.3, -0.25) is 0 Å². The molecule has 0 aliphatic carbocycles. The SMILES string of the molecule is COc1ccc(C2CCN(C(=O)NCC(F)(F)F)CC2)cc1. The van der Waals surface area contributed by atoms with Gasteiger partial charge < -0.3 is 15.0 Å². The zero-order valence-electron chi connectivity index (χ0n) is 12.3. The number of amides is 2. The molecule has 22 heavy (non-hydrogen) atoms. The second kappa shape index (κ2) is 6.89. The number of alkyl halides is 3. The maximum Gasteiger partial charge on any atom is 0.405 e. The molecule has 1 aliphatic heterocycles. The fraction of sp³-hybridized carbons (Fsp3) is 0.533. The van der Waals surface area contributed by atoms with Crippen molar-refractivity contribution in [2.45, 2.75) is 24.9 Å². The summed E-state index contributed by atoms with van der Waals surface area (Å²) in [6, 6.07) is 7.10. The lowest BCUT2D eigenvalue weighted by Gasteiger charge is -2.32. The lowest BCUT2D eigenvalue weighted by atomic mass is 9.89. The Kier molecular flexibility index (Phi) is 5.15. The highest BCUT2D eigenvalue weighted by atomic mass is 19.4. The van der Waals surface area contributed by atoms with Gasteiger partial charge in [0.05, 0.1) is 7.11 Å². The number of hydrogen-bond acceptors (Lipinski definition) is 2. The standard InChI is InChI=1S/C15H19F3N2O2/c1-22-13-4-2-11(3-5-13)12-6-8-20(9-7-12)14(21)19-10-15(16,17)18/h2-5,12H,6-10H2,1H3,(H,19,21). The number of methoxy groups -OCH3 is 1. The predicted molar refractivity (Wildman–Crippen MR) is 76.0 cm³/mol. The molecular formula is C15H19F3N2O2. The number of likely N-dealkylation sites (tertiary alicyclic amines) is 1. The quantitative estimate of drug-likeness (QED) is 0.931. The minimum Gasteiger partial charge on any atom is -0.497 e. The molecule has 0 bridgehead atoms. The van der Waals surface area contributed by atoms with Crippen LogP contribution in [0.25, 0.3) is 0 Å². The highest BCUT2D eigenvalue weighted by Crippen LogP contribution is 2.29. The first-order valence-electron chi connectivity index (χ1n) is 7.12. The summed E-state index contributed by atoms with van der Waals surface area (Å²) in [5.41, 5.74) is 1.16. The van der Waals surface area contributed by atoms with Crippen LogP contribution in [-0.4, -0.2) is 43.9 Å². The van der Waals surface area contributed by atoms with Crippen LogP contribution in [0.15, 0.2) is 24.3 Å². The van der Waals surface area contributed by atoms with E-state index in [1.54, 1.807) is 7.11 Å². The van der Waals surface area contributed by atoms with Gasteiger partial charge in [-0.2, -0.15) is 13.2 Å². The molecule has 1 heterocycles.